The van der Waals surface area contributed by atoms with Gasteiger partial charge in [-0.2, -0.15) is 22.0 Å². The monoisotopic (exact) mass is 461 g/mol. The van der Waals surface area contributed by atoms with Crippen LogP contribution >= 0.6 is 0 Å². The van der Waals surface area contributed by atoms with Crippen LogP contribution in [0.2, 0.25) is 0 Å². The summed E-state index contributed by atoms with van der Waals surface area (Å²) in [5.74, 6) is -1.51. The Labute approximate surface area is 178 Å². The molecule has 0 spiro atoms. The second kappa shape index (κ2) is 9.28. The highest BCUT2D eigenvalue weighted by atomic mass is 19.4. The lowest BCUT2D eigenvalue weighted by Crippen LogP contribution is -2.26. The molecule has 1 unspecified atom stereocenters. The van der Waals surface area contributed by atoms with Crippen molar-refractivity contribution in [3.05, 3.63) is 47.5 Å². The van der Waals surface area contributed by atoms with Gasteiger partial charge in [0.2, 0.25) is 0 Å². The highest BCUT2D eigenvalue weighted by Gasteiger charge is 2.33. The first-order chi connectivity index (χ1) is 15.1. The summed E-state index contributed by atoms with van der Waals surface area (Å²) in [6.45, 7) is -1.47. The van der Waals surface area contributed by atoms with Gasteiger partial charge in [-0.25, -0.2) is 4.79 Å². The van der Waals surface area contributed by atoms with E-state index in [1.807, 2.05) is 5.32 Å². The maximum Gasteiger partial charge on any atom is 0.416 e. The lowest BCUT2D eigenvalue weighted by molar-refractivity contribution is -0.138. The molecule has 0 aliphatic carbocycles. The summed E-state index contributed by atoms with van der Waals surface area (Å²) in [6, 6.07) is 6.16. The molecule has 2 amide bonds. The predicted octanol–water partition coefficient (Wildman–Crippen LogP) is 4.68. The van der Waals surface area contributed by atoms with E-state index in [1.165, 1.54) is 18.2 Å². The molecule has 1 heterocycles. The smallest absolute Gasteiger partial charge is 0.416 e. The van der Waals surface area contributed by atoms with Crippen LogP contribution in [0.4, 0.5) is 26.7 Å². The van der Waals surface area contributed by atoms with Crippen molar-refractivity contribution in [1.82, 2.24) is 5.32 Å². The van der Waals surface area contributed by atoms with Crippen molar-refractivity contribution in [1.29, 1.82) is 0 Å². The second-order valence-electron chi connectivity index (χ2n) is 6.43. The fraction of sp³-hybridized carbons (Fsp3) is 0.300. The summed E-state index contributed by atoms with van der Waals surface area (Å²) in [4.78, 5) is 22.9. The third kappa shape index (κ3) is 5.56. The topological polar surface area (TPSA) is 83.1 Å². The Morgan fingerprint density at radius 2 is 1.81 bits per heavy atom. The standard InChI is InChI=1S/C20H16F5NO6/c1-2-29-14-9-12(5-3-10(14)7-16-17(27)26-19(28)32-16)30-13-6-4-11(20(23,24)25)8-15(13)31-18(21)22/h3-6,8-9,16,18H,2,7H2,1H3,(H,26,27,28). The molecule has 172 valence electrons. The zero-order valence-corrected chi connectivity index (χ0v) is 16.4. The molecular formula is C20H16F5NO6. The molecule has 0 aromatic heterocycles. The molecule has 1 N–H and O–H groups in total. The average Bonchev–Trinajstić information content (AvgIpc) is 3.01. The van der Waals surface area contributed by atoms with Crippen LogP contribution in [0.25, 0.3) is 0 Å². The highest BCUT2D eigenvalue weighted by Crippen LogP contribution is 2.39. The fourth-order valence-corrected chi connectivity index (χ4v) is 2.87. The normalized spacial score (nSPS) is 16.0. The number of imide groups is 1. The number of cyclic esters (lactones) is 1. The van der Waals surface area contributed by atoms with Gasteiger partial charge in [0.25, 0.3) is 5.91 Å². The molecule has 1 aliphatic rings. The molecular weight excluding hydrogens is 445 g/mol. The molecule has 7 nitrogen and oxygen atoms in total. The second-order valence-corrected chi connectivity index (χ2v) is 6.43. The Hall–Kier alpha value is -3.57. The number of carbonyl (C=O) groups excluding carboxylic acids is 2. The van der Waals surface area contributed by atoms with Crippen LogP contribution in [-0.4, -0.2) is 31.3 Å². The van der Waals surface area contributed by atoms with Crippen LogP contribution in [0.3, 0.4) is 0 Å². The van der Waals surface area contributed by atoms with Crippen molar-refractivity contribution in [3.63, 3.8) is 0 Å². The Morgan fingerprint density at radius 3 is 2.41 bits per heavy atom. The molecule has 0 saturated carbocycles. The molecule has 12 heteroatoms. The molecule has 2 aromatic rings. The van der Waals surface area contributed by atoms with Crippen molar-refractivity contribution in [2.75, 3.05) is 6.61 Å². The molecule has 0 radical (unpaired) electrons. The number of alkyl carbamates (subject to hydrolysis) is 1. The number of hydrogen-bond donors (Lipinski definition) is 1. The van der Waals surface area contributed by atoms with Gasteiger partial charge in [-0.1, -0.05) is 6.07 Å². The molecule has 1 aliphatic heterocycles. The Morgan fingerprint density at radius 1 is 1.06 bits per heavy atom. The van der Waals surface area contributed by atoms with Crippen molar-refractivity contribution in [3.8, 4) is 23.0 Å². The average molecular weight is 461 g/mol. The van der Waals surface area contributed by atoms with E-state index < -0.39 is 42.2 Å². The summed E-state index contributed by atoms with van der Waals surface area (Å²) >= 11 is 0. The van der Waals surface area contributed by atoms with Gasteiger partial charge in [0, 0.05) is 12.5 Å². The molecule has 3 rings (SSSR count). The van der Waals surface area contributed by atoms with Crippen molar-refractivity contribution in [2.45, 2.75) is 32.2 Å². The van der Waals surface area contributed by atoms with Gasteiger partial charge in [-0.15, -0.1) is 0 Å². The fourth-order valence-electron chi connectivity index (χ4n) is 2.87. The van der Waals surface area contributed by atoms with Gasteiger partial charge in [0.1, 0.15) is 11.5 Å². The van der Waals surface area contributed by atoms with Crippen molar-refractivity contribution >= 4 is 12.0 Å². The highest BCUT2D eigenvalue weighted by molar-refractivity contribution is 6.00. The van der Waals surface area contributed by atoms with E-state index in [0.29, 0.717) is 17.7 Å². The van der Waals surface area contributed by atoms with Crippen LogP contribution in [0.1, 0.15) is 18.1 Å². The molecule has 2 aromatic carbocycles. The number of rotatable bonds is 8. The Kier molecular flexibility index (Phi) is 6.70. The number of nitrogens with one attached hydrogen (secondary N) is 1. The summed E-state index contributed by atoms with van der Waals surface area (Å²) in [5.41, 5.74) is -0.708. The van der Waals surface area contributed by atoms with Gasteiger partial charge in [-0.05, 0) is 36.8 Å². The summed E-state index contributed by atoms with van der Waals surface area (Å²) in [5, 5.41) is 2.00. The van der Waals surface area contributed by atoms with E-state index in [0.717, 1.165) is 6.07 Å². The zero-order chi connectivity index (χ0) is 23.5. The summed E-state index contributed by atoms with van der Waals surface area (Å²) < 4.78 is 84.1. The quantitative estimate of drug-likeness (QED) is 0.575. The van der Waals surface area contributed by atoms with Crippen LogP contribution in [0.15, 0.2) is 36.4 Å². The van der Waals surface area contributed by atoms with Crippen molar-refractivity contribution < 1.29 is 50.5 Å². The van der Waals surface area contributed by atoms with E-state index in [1.54, 1.807) is 6.92 Å². The van der Waals surface area contributed by atoms with Gasteiger partial charge < -0.3 is 18.9 Å². The van der Waals surface area contributed by atoms with E-state index in [4.69, 9.17) is 14.2 Å². The molecule has 1 fully saturated rings. The van der Waals surface area contributed by atoms with Crippen LogP contribution in [-0.2, 0) is 22.1 Å². The molecule has 1 atom stereocenters. The number of carbonyl (C=O) groups is 2. The number of benzene rings is 2. The first-order valence-electron chi connectivity index (χ1n) is 9.18. The zero-order valence-electron chi connectivity index (χ0n) is 16.4. The van der Waals surface area contributed by atoms with Crippen molar-refractivity contribution in [2.24, 2.45) is 0 Å². The maximum atomic E-state index is 12.9. The number of hydrogen-bond acceptors (Lipinski definition) is 6. The maximum absolute atomic E-state index is 12.9. The largest absolute Gasteiger partial charge is 0.493 e. The number of amides is 2. The number of alkyl halides is 5. The summed E-state index contributed by atoms with van der Waals surface area (Å²) in [6.07, 6.45) is -6.70. The lowest BCUT2D eigenvalue weighted by Gasteiger charge is -2.17. The first-order valence-corrected chi connectivity index (χ1v) is 9.18. The summed E-state index contributed by atoms with van der Waals surface area (Å²) in [7, 11) is 0. The SMILES string of the molecule is CCOc1cc(Oc2ccc(C(F)(F)F)cc2OC(F)F)ccc1CC1OC(=O)NC1=O. The first kappa shape index (κ1) is 23.1. The van der Waals surface area contributed by atoms with E-state index in [2.05, 4.69) is 4.74 Å². The van der Waals surface area contributed by atoms with Gasteiger partial charge in [0.15, 0.2) is 17.6 Å². The third-order valence-electron chi connectivity index (χ3n) is 4.23. The van der Waals surface area contributed by atoms with E-state index in [-0.39, 0.29) is 30.3 Å². The minimum Gasteiger partial charge on any atom is -0.493 e. The van der Waals surface area contributed by atoms with Crippen LogP contribution in [0, 0.1) is 0 Å². The minimum absolute atomic E-state index is 0.00674. The van der Waals surface area contributed by atoms with Crippen LogP contribution < -0.4 is 19.5 Å². The van der Waals surface area contributed by atoms with Crippen LogP contribution in [0.5, 0.6) is 23.0 Å². The minimum atomic E-state index is -4.77. The van der Waals surface area contributed by atoms with Gasteiger partial charge in [0.05, 0.1) is 12.2 Å². The van der Waals surface area contributed by atoms with E-state index in [9.17, 15) is 31.5 Å². The van der Waals surface area contributed by atoms with Gasteiger partial charge in [-0.3, -0.25) is 10.1 Å². The van der Waals surface area contributed by atoms with Gasteiger partial charge >= 0.3 is 18.9 Å². The molecule has 32 heavy (non-hydrogen) atoms. The Bertz CT molecular complexity index is 1010. The molecule has 1 saturated heterocycles. The van der Waals surface area contributed by atoms with E-state index >= 15 is 0 Å². The number of halogens is 5. The number of ether oxygens (including phenoxy) is 4. The lowest BCUT2D eigenvalue weighted by atomic mass is 10.1. The Balaban J connectivity index is 1.87. The molecule has 0 bridgehead atoms. The third-order valence-corrected chi connectivity index (χ3v) is 4.23. The predicted molar refractivity (Wildman–Crippen MR) is 97.9 cm³/mol.